The zero-order valence-electron chi connectivity index (χ0n) is 11.3. The van der Waals surface area contributed by atoms with E-state index >= 15 is 0 Å². The zero-order valence-corrected chi connectivity index (χ0v) is 12.9. The first-order chi connectivity index (χ1) is 9.20. The minimum absolute atomic E-state index is 0.0868. The quantitative estimate of drug-likeness (QED) is 0.847. The minimum atomic E-state index is -0.0868. The highest BCUT2D eigenvalue weighted by Gasteiger charge is 2.43. The molecule has 4 atom stereocenters. The highest BCUT2D eigenvalue weighted by molar-refractivity contribution is 9.10. The molecule has 0 aromatic heterocycles. The highest BCUT2D eigenvalue weighted by Crippen LogP contribution is 2.52. The molecule has 2 bridgehead atoms. The molecule has 2 saturated carbocycles. The molecule has 0 aliphatic heterocycles. The number of hydrogen-bond acceptors (Lipinski definition) is 1. The van der Waals surface area contributed by atoms with Gasteiger partial charge in [-0.1, -0.05) is 25.5 Å². The van der Waals surface area contributed by atoms with E-state index in [1.54, 1.807) is 6.07 Å². The van der Waals surface area contributed by atoms with Crippen LogP contribution >= 0.6 is 15.9 Å². The van der Waals surface area contributed by atoms with Crippen molar-refractivity contribution >= 4 is 15.9 Å². The first-order valence-corrected chi connectivity index (χ1v) is 8.17. The fourth-order valence-corrected chi connectivity index (χ4v) is 4.56. The Morgan fingerprint density at radius 3 is 2.84 bits per heavy atom. The number of rotatable bonds is 4. The normalized spacial score (nSPS) is 30.8. The molecule has 0 spiro atoms. The van der Waals surface area contributed by atoms with Gasteiger partial charge in [0.1, 0.15) is 5.82 Å². The lowest BCUT2D eigenvalue weighted by Gasteiger charge is -2.32. The average molecular weight is 326 g/mol. The standard InChI is InChI=1S/C16H21BrFN/c1-2-19-16(12-4-3-5-14(17)15(12)18)13-9-10-6-7-11(13)8-10/h3-5,10-11,13,16,19H,2,6-9H2,1H3. The Kier molecular flexibility index (Phi) is 3.95. The Morgan fingerprint density at radius 2 is 2.21 bits per heavy atom. The second-order valence-corrected chi connectivity index (χ2v) is 6.87. The predicted molar refractivity (Wildman–Crippen MR) is 79.5 cm³/mol. The van der Waals surface area contributed by atoms with E-state index in [4.69, 9.17) is 0 Å². The Hall–Kier alpha value is -0.410. The van der Waals surface area contributed by atoms with E-state index in [0.717, 1.165) is 23.9 Å². The van der Waals surface area contributed by atoms with Crippen molar-refractivity contribution in [1.29, 1.82) is 0 Å². The summed E-state index contributed by atoms with van der Waals surface area (Å²) in [7, 11) is 0. The first-order valence-electron chi connectivity index (χ1n) is 7.38. The minimum Gasteiger partial charge on any atom is -0.310 e. The molecule has 1 nitrogen and oxygen atoms in total. The number of nitrogens with one attached hydrogen (secondary N) is 1. The van der Waals surface area contributed by atoms with Gasteiger partial charge < -0.3 is 5.32 Å². The molecule has 0 radical (unpaired) electrons. The summed E-state index contributed by atoms with van der Waals surface area (Å²) < 4.78 is 15.0. The predicted octanol–water partition coefficient (Wildman–Crippen LogP) is 4.68. The lowest BCUT2D eigenvalue weighted by Crippen LogP contribution is -2.32. The molecule has 1 aromatic carbocycles. The van der Waals surface area contributed by atoms with Crippen molar-refractivity contribution in [3.05, 3.63) is 34.1 Å². The van der Waals surface area contributed by atoms with Crippen LogP contribution < -0.4 is 5.32 Å². The van der Waals surface area contributed by atoms with Gasteiger partial charge in [0, 0.05) is 11.6 Å². The van der Waals surface area contributed by atoms with Crippen LogP contribution in [0.2, 0.25) is 0 Å². The Morgan fingerprint density at radius 1 is 1.37 bits per heavy atom. The van der Waals surface area contributed by atoms with Crippen molar-refractivity contribution in [2.45, 2.75) is 38.6 Å². The first kappa shape index (κ1) is 13.6. The second-order valence-electron chi connectivity index (χ2n) is 6.02. The van der Waals surface area contributed by atoms with Crippen molar-refractivity contribution in [1.82, 2.24) is 5.32 Å². The largest absolute Gasteiger partial charge is 0.310 e. The maximum Gasteiger partial charge on any atom is 0.142 e. The van der Waals surface area contributed by atoms with Gasteiger partial charge in [-0.05, 0) is 65.6 Å². The van der Waals surface area contributed by atoms with Crippen LogP contribution in [0.1, 0.15) is 44.2 Å². The maximum absolute atomic E-state index is 14.4. The molecule has 0 saturated heterocycles. The second kappa shape index (κ2) is 5.53. The molecular weight excluding hydrogens is 305 g/mol. The highest BCUT2D eigenvalue weighted by atomic mass is 79.9. The SMILES string of the molecule is CCNC(c1cccc(Br)c1F)C1CC2CCC1C2. The topological polar surface area (TPSA) is 12.0 Å². The monoisotopic (exact) mass is 325 g/mol. The zero-order chi connectivity index (χ0) is 13.4. The Balaban J connectivity index is 1.90. The third-order valence-corrected chi connectivity index (χ3v) is 5.57. The molecule has 1 N–H and O–H groups in total. The number of hydrogen-bond donors (Lipinski definition) is 1. The lowest BCUT2D eigenvalue weighted by atomic mass is 9.80. The molecule has 0 amide bonds. The molecule has 2 fully saturated rings. The van der Waals surface area contributed by atoms with Gasteiger partial charge in [0.05, 0.1) is 4.47 Å². The molecule has 3 rings (SSSR count). The van der Waals surface area contributed by atoms with Gasteiger partial charge in [-0.2, -0.15) is 0 Å². The fraction of sp³-hybridized carbons (Fsp3) is 0.625. The van der Waals surface area contributed by atoms with Crippen LogP contribution in [0.25, 0.3) is 0 Å². The van der Waals surface area contributed by atoms with Crippen molar-refractivity contribution in [3.8, 4) is 0 Å². The van der Waals surface area contributed by atoms with E-state index < -0.39 is 0 Å². The van der Waals surface area contributed by atoms with Crippen LogP contribution in [0.5, 0.6) is 0 Å². The average Bonchev–Trinajstić information content (AvgIpc) is 3.02. The number of benzene rings is 1. The van der Waals surface area contributed by atoms with Crippen molar-refractivity contribution < 1.29 is 4.39 Å². The third-order valence-electron chi connectivity index (χ3n) is 4.96. The molecule has 104 valence electrons. The van der Waals surface area contributed by atoms with Crippen LogP contribution in [-0.4, -0.2) is 6.54 Å². The van der Waals surface area contributed by atoms with Crippen LogP contribution in [0.4, 0.5) is 4.39 Å². The number of halogens is 2. The Bertz CT molecular complexity index is 462. The molecule has 2 aliphatic carbocycles. The Labute approximate surface area is 123 Å². The summed E-state index contributed by atoms with van der Waals surface area (Å²) in [6.07, 6.45) is 5.37. The molecule has 0 heterocycles. The van der Waals surface area contributed by atoms with Gasteiger partial charge >= 0.3 is 0 Å². The van der Waals surface area contributed by atoms with E-state index in [1.165, 1.54) is 25.7 Å². The summed E-state index contributed by atoms with van der Waals surface area (Å²) >= 11 is 3.31. The van der Waals surface area contributed by atoms with E-state index in [2.05, 4.69) is 28.2 Å². The smallest absolute Gasteiger partial charge is 0.142 e. The summed E-state index contributed by atoms with van der Waals surface area (Å²) in [5.74, 6) is 2.22. The van der Waals surface area contributed by atoms with Crippen LogP contribution in [0, 0.1) is 23.6 Å². The van der Waals surface area contributed by atoms with Gasteiger partial charge in [0.25, 0.3) is 0 Å². The summed E-state index contributed by atoms with van der Waals surface area (Å²) in [5, 5.41) is 3.53. The molecule has 2 aliphatic rings. The summed E-state index contributed by atoms with van der Waals surface area (Å²) in [6.45, 7) is 3.00. The van der Waals surface area contributed by atoms with E-state index in [1.807, 2.05) is 12.1 Å². The van der Waals surface area contributed by atoms with Crippen molar-refractivity contribution in [2.75, 3.05) is 6.54 Å². The summed E-state index contributed by atoms with van der Waals surface area (Å²) in [5.41, 5.74) is 0.841. The van der Waals surface area contributed by atoms with Gasteiger partial charge in [-0.15, -0.1) is 0 Å². The van der Waals surface area contributed by atoms with E-state index in [-0.39, 0.29) is 11.9 Å². The molecular formula is C16H21BrFN. The van der Waals surface area contributed by atoms with Gasteiger partial charge in [0.2, 0.25) is 0 Å². The van der Waals surface area contributed by atoms with E-state index in [0.29, 0.717) is 10.4 Å². The molecule has 1 aromatic rings. The van der Waals surface area contributed by atoms with Crippen LogP contribution in [0.3, 0.4) is 0 Å². The fourth-order valence-electron chi connectivity index (χ4n) is 4.17. The van der Waals surface area contributed by atoms with E-state index in [9.17, 15) is 4.39 Å². The van der Waals surface area contributed by atoms with Gasteiger partial charge in [-0.25, -0.2) is 4.39 Å². The van der Waals surface area contributed by atoms with Crippen molar-refractivity contribution in [2.24, 2.45) is 17.8 Å². The molecule has 4 unspecified atom stereocenters. The molecule has 3 heteroatoms. The molecule has 19 heavy (non-hydrogen) atoms. The number of fused-ring (bicyclic) bond motifs is 2. The summed E-state index contributed by atoms with van der Waals surface area (Å²) in [6, 6.07) is 5.85. The van der Waals surface area contributed by atoms with Crippen LogP contribution in [-0.2, 0) is 0 Å². The van der Waals surface area contributed by atoms with Gasteiger partial charge in [0.15, 0.2) is 0 Å². The van der Waals surface area contributed by atoms with Crippen LogP contribution in [0.15, 0.2) is 22.7 Å². The maximum atomic E-state index is 14.4. The van der Waals surface area contributed by atoms with Gasteiger partial charge in [-0.3, -0.25) is 0 Å². The van der Waals surface area contributed by atoms with Crippen molar-refractivity contribution in [3.63, 3.8) is 0 Å². The third kappa shape index (κ3) is 2.47. The summed E-state index contributed by atoms with van der Waals surface area (Å²) in [4.78, 5) is 0. The lowest BCUT2D eigenvalue weighted by molar-refractivity contribution is 0.248.